The second-order valence-corrected chi connectivity index (χ2v) is 12.6. The Bertz CT molecular complexity index is 1390. The van der Waals surface area contributed by atoms with Crippen LogP contribution in [0.4, 0.5) is 5.69 Å². The van der Waals surface area contributed by atoms with Crippen LogP contribution in [-0.4, -0.2) is 101 Å². The zero-order valence-electron chi connectivity index (χ0n) is 24.0. The molecular weight excluding hydrogens is 526 g/mol. The summed E-state index contributed by atoms with van der Waals surface area (Å²) in [5, 5.41) is 32.0. The highest BCUT2D eigenvalue weighted by Crippen LogP contribution is 2.55. The standard InChI is InChI=1S/C30H39N5O6/c1-5-35(6-2)24-17-10-14-9-15-20(18(36)11-16-22-13(7-8-33(22)3)12-34(4)23(15)16)25(37)19(14)28(39)30(17,41)27(31)21(26(24)38)29(32)40/h11,13-14,17,19,21-22,24,31,36,41H,5-10,12H2,1-4H3,(H2,32,40). The Balaban J connectivity index is 1.49. The zero-order valence-corrected chi connectivity index (χ0v) is 24.0. The summed E-state index contributed by atoms with van der Waals surface area (Å²) in [7, 11) is 4.06. The lowest BCUT2D eigenvalue weighted by molar-refractivity contribution is -0.158. The topological polar surface area (TPSA) is 168 Å². The van der Waals surface area contributed by atoms with Crippen LogP contribution in [0.2, 0.25) is 0 Å². The number of phenolic OH excluding ortho intramolecular Hbond substituents is 1. The fraction of sp³-hybridized carbons (Fsp3) is 0.633. The lowest BCUT2D eigenvalue weighted by atomic mass is 9.52. The lowest BCUT2D eigenvalue weighted by Gasteiger charge is -2.54. The molecule has 6 rings (SSSR count). The zero-order chi connectivity index (χ0) is 29.7. The SMILES string of the molecule is CCN(CC)C1C(=O)C(C(N)=O)C(=N)C2(O)C(=O)C3C(=O)c4c(O)cc5c(c4CC3CC12)N(C)CC1CCN(C)C51. The first-order chi connectivity index (χ1) is 19.4. The van der Waals surface area contributed by atoms with Gasteiger partial charge in [0.05, 0.1) is 23.2 Å². The van der Waals surface area contributed by atoms with E-state index in [1.165, 1.54) is 0 Å². The normalized spacial score (nSPS) is 36.5. The first kappa shape index (κ1) is 28.0. The number of Topliss-reactive ketones (excluding diaryl/α,β-unsaturated/α-hetero) is 3. The first-order valence-electron chi connectivity index (χ1n) is 14.6. The van der Waals surface area contributed by atoms with Crippen LogP contribution in [0.5, 0.6) is 5.75 Å². The van der Waals surface area contributed by atoms with Crippen LogP contribution in [0.25, 0.3) is 0 Å². The van der Waals surface area contributed by atoms with E-state index in [1.54, 1.807) is 11.0 Å². The van der Waals surface area contributed by atoms with Crippen molar-refractivity contribution in [3.63, 3.8) is 0 Å². The van der Waals surface area contributed by atoms with Gasteiger partial charge in [0.25, 0.3) is 0 Å². The third-order valence-electron chi connectivity index (χ3n) is 10.8. The van der Waals surface area contributed by atoms with Gasteiger partial charge in [-0.3, -0.25) is 29.0 Å². The summed E-state index contributed by atoms with van der Waals surface area (Å²) >= 11 is 0. The third-order valence-corrected chi connectivity index (χ3v) is 10.8. The molecule has 5 aliphatic rings. The summed E-state index contributed by atoms with van der Waals surface area (Å²) in [5.41, 5.74) is 4.99. The second-order valence-electron chi connectivity index (χ2n) is 12.6. The van der Waals surface area contributed by atoms with Gasteiger partial charge in [0, 0.05) is 31.2 Å². The molecule has 1 saturated heterocycles. The molecule has 0 bridgehead atoms. The molecule has 1 aromatic carbocycles. The van der Waals surface area contributed by atoms with Crippen LogP contribution in [0.15, 0.2) is 6.07 Å². The summed E-state index contributed by atoms with van der Waals surface area (Å²) in [5.74, 6) is -7.50. The van der Waals surface area contributed by atoms with Crippen molar-refractivity contribution < 1.29 is 29.4 Å². The Labute approximate surface area is 239 Å². The van der Waals surface area contributed by atoms with Gasteiger partial charge in [-0.25, -0.2) is 0 Å². The second kappa shape index (κ2) is 9.43. The summed E-state index contributed by atoms with van der Waals surface area (Å²) in [6.45, 7) is 6.29. The number of fused-ring (bicyclic) bond motifs is 7. The van der Waals surface area contributed by atoms with Gasteiger partial charge in [-0.15, -0.1) is 0 Å². The van der Waals surface area contributed by atoms with E-state index in [1.807, 2.05) is 20.9 Å². The number of hydrogen-bond acceptors (Lipinski definition) is 10. The van der Waals surface area contributed by atoms with E-state index in [4.69, 9.17) is 11.1 Å². The van der Waals surface area contributed by atoms with Crippen LogP contribution >= 0.6 is 0 Å². The fourth-order valence-electron chi connectivity index (χ4n) is 9.01. The van der Waals surface area contributed by atoms with Gasteiger partial charge in [0.15, 0.2) is 23.0 Å². The maximum Gasteiger partial charge on any atom is 0.233 e. The molecule has 3 aliphatic carbocycles. The van der Waals surface area contributed by atoms with E-state index in [9.17, 15) is 29.4 Å². The summed E-state index contributed by atoms with van der Waals surface area (Å²) in [4.78, 5) is 60.6. The molecule has 0 spiro atoms. The number of carbonyl (C=O) groups is 4. The highest BCUT2D eigenvalue weighted by atomic mass is 16.3. The number of nitrogens with two attached hydrogens (primary N) is 1. The Morgan fingerprint density at radius 1 is 1.20 bits per heavy atom. The van der Waals surface area contributed by atoms with E-state index < -0.39 is 64.3 Å². The van der Waals surface area contributed by atoms with Crippen molar-refractivity contribution >= 4 is 34.7 Å². The molecule has 11 nitrogen and oxygen atoms in total. The van der Waals surface area contributed by atoms with Gasteiger partial charge in [0.2, 0.25) is 5.91 Å². The Hall–Kier alpha value is -3.15. The number of aliphatic hydroxyl groups is 1. The smallest absolute Gasteiger partial charge is 0.233 e. The van der Waals surface area contributed by atoms with E-state index in [-0.39, 0.29) is 23.8 Å². The quantitative estimate of drug-likeness (QED) is 0.381. The van der Waals surface area contributed by atoms with Gasteiger partial charge in [-0.2, -0.15) is 0 Å². The first-order valence-corrected chi connectivity index (χ1v) is 14.6. The number of anilines is 1. The number of benzene rings is 1. The van der Waals surface area contributed by atoms with Gasteiger partial charge in [0.1, 0.15) is 11.7 Å². The molecule has 1 aromatic rings. The number of nitrogens with zero attached hydrogens (tertiary/aromatic N) is 3. The molecule has 8 atom stereocenters. The predicted molar refractivity (Wildman–Crippen MR) is 150 cm³/mol. The minimum Gasteiger partial charge on any atom is -0.507 e. The molecule has 2 aliphatic heterocycles. The van der Waals surface area contributed by atoms with Crippen LogP contribution in [0.3, 0.4) is 0 Å². The number of aromatic hydroxyl groups is 1. The molecule has 2 saturated carbocycles. The average molecular weight is 566 g/mol. The molecule has 3 fully saturated rings. The maximum atomic E-state index is 14.2. The Morgan fingerprint density at radius 3 is 2.51 bits per heavy atom. The van der Waals surface area contributed by atoms with Crippen LogP contribution in [0.1, 0.15) is 54.2 Å². The molecule has 2 heterocycles. The number of primary amides is 1. The molecule has 220 valence electrons. The fourth-order valence-corrected chi connectivity index (χ4v) is 9.01. The van der Waals surface area contributed by atoms with Crippen molar-refractivity contribution in [3.8, 4) is 5.75 Å². The molecule has 0 aromatic heterocycles. The number of amides is 1. The number of nitrogens with one attached hydrogen (secondary N) is 1. The number of ketones is 3. The van der Waals surface area contributed by atoms with E-state index in [2.05, 4.69) is 16.8 Å². The number of phenols is 1. The molecule has 1 amide bonds. The van der Waals surface area contributed by atoms with Crippen molar-refractivity contribution in [2.75, 3.05) is 45.2 Å². The van der Waals surface area contributed by atoms with Gasteiger partial charge in [-0.1, -0.05) is 13.8 Å². The molecule has 11 heteroatoms. The maximum absolute atomic E-state index is 14.2. The van der Waals surface area contributed by atoms with Crippen molar-refractivity contribution in [2.45, 2.75) is 50.8 Å². The highest BCUT2D eigenvalue weighted by Gasteiger charge is 2.68. The average Bonchev–Trinajstić information content (AvgIpc) is 3.28. The minimum atomic E-state index is -2.49. The number of likely N-dealkylation sites (tertiary alicyclic amines) is 1. The number of rotatable bonds is 4. The highest BCUT2D eigenvalue weighted by molar-refractivity contribution is 6.33. The van der Waals surface area contributed by atoms with E-state index >= 15 is 0 Å². The largest absolute Gasteiger partial charge is 0.507 e. The summed E-state index contributed by atoms with van der Waals surface area (Å²) < 4.78 is 0. The van der Waals surface area contributed by atoms with Crippen LogP contribution in [0, 0.1) is 35.0 Å². The van der Waals surface area contributed by atoms with Gasteiger partial charge in [-0.05, 0) is 75.0 Å². The van der Waals surface area contributed by atoms with Crippen molar-refractivity contribution in [1.82, 2.24) is 9.80 Å². The minimum absolute atomic E-state index is 0.0940. The van der Waals surface area contributed by atoms with Crippen LogP contribution in [-0.2, 0) is 20.8 Å². The van der Waals surface area contributed by atoms with E-state index in [0.717, 1.165) is 30.8 Å². The summed E-state index contributed by atoms with van der Waals surface area (Å²) in [6, 6.07) is 0.780. The molecule has 0 radical (unpaired) electrons. The van der Waals surface area contributed by atoms with Crippen molar-refractivity contribution in [2.24, 2.45) is 35.3 Å². The Morgan fingerprint density at radius 2 is 1.88 bits per heavy atom. The predicted octanol–water partition coefficient (Wildman–Crippen LogP) is 0.540. The molecular formula is C30H39N5O6. The third kappa shape index (κ3) is 3.58. The number of hydrogen-bond donors (Lipinski definition) is 4. The van der Waals surface area contributed by atoms with Crippen molar-refractivity contribution in [3.05, 3.63) is 22.8 Å². The Kier molecular flexibility index (Phi) is 6.44. The number of likely N-dealkylation sites (N-methyl/N-ethyl adjacent to an activating group) is 1. The van der Waals surface area contributed by atoms with Crippen molar-refractivity contribution in [1.29, 1.82) is 5.41 Å². The van der Waals surface area contributed by atoms with Gasteiger partial charge < -0.3 is 26.3 Å². The molecule has 5 N–H and O–H groups in total. The summed E-state index contributed by atoms with van der Waals surface area (Å²) in [6.07, 6.45) is 1.50. The molecule has 8 unspecified atom stereocenters. The van der Waals surface area contributed by atoms with Crippen LogP contribution < -0.4 is 10.6 Å². The monoisotopic (exact) mass is 565 g/mol. The van der Waals surface area contributed by atoms with Gasteiger partial charge >= 0.3 is 0 Å². The molecule has 41 heavy (non-hydrogen) atoms. The van der Waals surface area contributed by atoms with E-state index in [0.29, 0.717) is 31.0 Å². The lowest BCUT2D eigenvalue weighted by Crippen LogP contribution is -2.74. The number of carbonyl (C=O) groups excluding carboxylic acids is 4.